The molecule has 0 unspecified atom stereocenters. The van der Waals surface area contributed by atoms with E-state index in [-0.39, 0.29) is 18.1 Å². The van der Waals surface area contributed by atoms with Gasteiger partial charge in [-0.3, -0.25) is 5.32 Å². The number of fused-ring (bicyclic) bond motifs is 1. The van der Waals surface area contributed by atoms with Crippen molar-refractivity contribution in [1.82, 2.24) is 19.7 Å². The zero-order valence-electron chi connectivity index (χ0n) is 12.2. The summed E-state index contributed by atoms with van der Waals surface area (Å²) in [6, 6.07) is 3.97. The Morgan fingerprint density at radius 1 is 1.46 bits per heavy atom. The van der Waals surface area contributed by atoms with Gasteiger partial charge in [-0.05, 0) is 12.1 Å². The van der Waals surface area contributed by atoms with Gasteiger partial charge in [0.15, 0.2) is 5.65 Å². The van der Waals surface area contributed by atoms with Gasteiger partial charge in [-0.15, -0.1) is 6.42 Å². The molecule has 3 rings (SSSR count). The minimum absolute atomic E-state index is 0.161. The summed E-state index contributed by atoms with van der Waals surface area (Å²) in [6.45, 7) is 0.161. The Morgan fingerprint density at radius 2 is 2.25 bits per heavy atom. The summed E-state index contributed by atoms with van der Waals surface area (Å²) in [5.74, 6) is 1.89. The molecular weight excluding hydrogens is 315 g/mol. The number of terminal acetylenes is 1. The van der Waals surface area contributed by atoms with Crippen LogP contribution in [-0.4, -0.2) is 30.9 Å². The van der Waals surface area contributed by atoms with Crippen molar-refractivity contribution in [3.8, 4) is 23.6 Å². The van der Waals surface area contributed by atoms with E-state index >= 15 is 0 Å². The maximum Gasteiger partial charge on any atom is 0.409 e. The quantitative estimate of drug-likeness (QED) is 0.633. The first-order valence-corrected chi connectivity index (χ1v) is 6.71. The second-order valence-corrected chi connectivity index (χ2v) is 4.79. The van der Waals surface area contributed by atoms with E-state index in [9.17, 15) is 9.18 Å². The van der Waals surface area contributed by atoms with Gasteiger partial charge in [-0.1, -0.05) is 12.0 Å². The predicted octanol–water partition coefficient (Wildman–Crippen LogP) is 1.94. The number of aromatic nitrogens is 4. The summed E-state index contributed by atoms with van der Waals surface area (Å²) < 4.78 is 15.6. The van der Waals surface area contributed by atoms with Crippen LogP contribution >= 0.6 is 0 Å². The number of amides is 1. The molecule has 1 aromatic carbocycles. The van der Waals surface area contributed by atoms with Crippen LogP contribution < -0.4 is 11.1 Å². The Morgan fingerprint density at radius 3 is 2.92 bits per heavy atom. The number of halogens is 1. The van der Waals surface area contributed by atoms with Gasteiger partial charge >= 0.3 is 6.09 Å². The fourth-order valence-corrected chi connectivity index (χ4v) is 2.31. The summed E-state index contributed by atoms with van der Waals surface area (Å²) >= 11 is 0. The molecule has 0 radical (unpaired) electrons. The lowest BCUT2D eigenvalue weighted by Crippen LogP contribution is -2.08. The average molecular weight is 326 g/mol. The Labute approximate surface area is 135 Å². The van der Waals surface area contributed by atoms with Crippen LogP contribution in [0.1, 0.15) is 0 Å². The molecule has 0 saturated heterocycles. The number of nitrogens with one attached hydrogen (secondary N) is 1. The molecule has 0 aliphatic heterocycles. The topological polar surface area (TPSA) is 119 Å². The van der Waals surface area contributed by atoms with E-state index in [1.807, 2.05) is 5.32 Å². The highest BCUT2D eigenvalue weighted by atomic mass is 19.1. The van der Waals surface area contributed by atoms with E-state index in [1.54, 1.807) is 0 Å². The van der Waals surface area contributed by atoms with Gasteiger partial charge in [0.2, 0.25) is 0 Å². The molecule has 4 N–H and O–H groups in total. The molecule has 9 heteroatoms. The minimum Gasteiger partial charge on any atom is -0.465 e. The van der Waals surface area contributed by atoms with E-state index in [4.69, 9.17) is 17.3 Å². The molecule has 0 aliphatic rings. The van der Waals surface area contributed by atoms with Crippen LogP contribution in [0.3, 0.4) is 0 Å². The Bertz CT molecular complexity index is 992. The fraction of sp³-hybridized carbons (Fsp3) is 0.0667. The lowest BCUT2D eigenvalue weighted by molar-refractivity contribution is 0.209. The zero-order chi connectivity index (χ0) is 17.3. The van der Waals surface area contributed by atoms with Crippen LogP contribution in [0.4, 0.5) is 20.7 Å². The van der Waals surface area contributed by atoms with E-state index in [2.05, 4.69) is 21.0 Å². The Kier molecular flexibility index (Phi) is 3.71. The first-order chi connectivity index (χ1) is 11.5. The predicted molar refractivity (Wildman–Crippen MR) is 85.6 cm³/mol. The highest BCUT2D eigenvalue weighted by molar-refractivity contribution is 5.98. The molecule has 3 aromatic rings. The summed E-state index contributed by atoms with van der Waals surface area (Å²) in [4.78, 5) is 18.7. The number of carboxylic acid groups (broad SMARTS) is 1. The van der Waals surface area contributed by atoms with Crippen LogP contribution in [0.2, 0.25) is 0 Å². The molecule has 1 amide bonds. The van der Waals surface area contributed by atoms with Gasteiger partial charge in [-0.2, -0.15) is 5.10 Å². The molecular formula is C15H11FN6O2. The Balaban J connectivity index is 2.18. The van der Waals surface area contributed by atoms with Gasteiger partial charge in [0.05, 0.1) is 11.1 Å². The number of carbonyl (C=O) groups is 1. The Hall–Kier alpha value is -3.67. The monoisotopic (exact) mass is 326 g/mol. The SMILES string of the molecule is C#CCn1nc(-c2ccc(NC(=O)O)c(F)c2)c2c(N)ncnc21. The summed E-state index contributed by atoms with van der Waals surface area (Å²) in [5, 5.41) is 15.4. The van der Waals surface area contributed by atoms with Crippen LogP contribution in [0.15, 0.2) is 24.5 Å². The smallest absolute Gasteiger partial charge is 0.409 e. The molecule has 120 valence electrons. The molecule has 0 atom stereocenters. The van der Waals surface area contributed by atoms with Gasteiger partial charge < -0.3 is 10.8 Å². The fourth-order valence-electron chi connectivity index (χ4n) is 2.31. The van der Waals surface area contributed by atoms with E-state index in [1.165, 1.54) is 23.1 Å². The number of anilines is 2. The lowest BCUT2D eigenvalue weighted by Gasteiger charge is -2.05. The second-order valence-electron chi connectivity index (χ2n) is 4.79. The number of nitrogens with two attached hydrogens (primary N) is 1. The molecule has 8 nitrogen and oxygen atoms in total. The first-order valence-electron chi connectivity index (χ1n) is 6.71. The van der Waals surface area contributed by atoms with Crippen LogP contribution in [0.25, 0.3) is 22.3 Å². The van der Waals surface area contributed by atoms with Crippen molar-refractivity contribution in [2.75, 3.05) is 11.1 Å². The van der Waals surface area contributed by atoms with Crippen LogP contribution in [0.5, 0.6) is 0 Å². The number of benzene rings is 1. The zero-order valence-corrected chi connectivity index (χ0v) is 12.2. The number of nitrogen functional groups attached to an aromatic ring is 1. The minimum atomic E-state index is -1.36. The number of hydrogen-bond acceptors (Lipinski definition) is 5. The van der Waals surface area contributed by atoms with Crippen molar-refractivity contribution in [2.24, 2.45) is 0 Å². The first kappa shape index (κ1) is 15.2. The molecule has 0 fully saturated rings. The van der Waals surface area contributed by atoms with Crippen molar-refractivity contribution in [2.45, 2.75) is 6.54 Å². The third kappa shape index (κ3) is 2.56. The maximum absolute atomic E-state index is 14.1. The maximum atomic E-state index is 14.1. The molecule has 0 spiro atoms. The van der Waals surface area contributed by atoms with Gasteiger partial charge in [0.25, 0.3) is 0 Å². The number of rotatable bonds is 3. The normalized spacial score (nSPS) is 10.5. The summed E-state index contributed by atoms with van der Waals surface area (Å²) in [5.41, 5.74) is 6.92. The highest BCUT2D eigenvalue weighted by Crippen LogP contribution is 2.31. The molecule has 0 aliphatic carbocycles. The lowest BCUT2D eigenvalue weighted by atomic mass is 10.1. The molecule has 24 heavy (non-hydrogen) atoms. The highest BCUT2D eigenvalue weighted by Gasteiger charge is 2.18. The summed E-state index contributed by atoms with van der Waals surface area (Å²) in [7, 11) is 0. The molecule has 2 aromatic heterocycles. The molecule has 0 bridgehead atoms. The van der Waals surface area contributed by atoms with Crippen molar-refractivity contribution >= 4 is 28.6 Å². The van der Waals surface area contributed by atoms with E-state index in [0.29, 0.717) is 22.3 Å². The second kappa shape index (κ2) is 5.85. The summed E-state index contributed by atoms with van der Waals surface area (Å²) in [6.07, 6.45) is 5.25. The van der Waals surface area contributed by atoms with E-state index in [0.717, 1.165) is 6.07 Å². The van der Waals surface area contributed by atoms with Crippen molar-refractivity contribution in [3.63, 3.8) is 0 Å². The van der Waals surface area contributed by atoms with Gasteiger partial charge in [0, 0.05) is 5.56 Å². The third-order valence-electron chi connectivity index (χ3n) is 3.28. The number of hydrogen-bond donors (Lipinski definition) is 3. The standard InChI is InChI=1S/C15H11FN6O2/c1-2-5-22-14-11(13(17)18-7-19-14)12(21-22)8-3-4-10(9(16)6-8)20-15(23)24/h1,3-4,6-7,20H,5H2,(H,23,24)(H2,17,18,19). The van der Waals surface area contributed by atoms with E-state index < -0.39 is 11.9 Å². The largest absolute Gasteiger partial charge is 0.465 e. The van der Waals surface area contributed by atoms with Crippen LogP contribution in [-0.2, 0) is 6.54 Å². The van der Waals surface area contributed by atoms with Crippen molar-refractivity contribution < 1.29 is 14.3 Å². The third-order valence-corrected chi connectivity index (χ3v) is 3.28. The van der Waals surface area contributed by atoms with Gasteiger partial charge in [-0.25, -0.2) is 23.8 Å². The van der Waals surface area contributed by atoms with Crippen LogP contribution in [0, 0.1) is 18.2 Å². The number of nitrogens with zero attached hydrogens (tertiary/aromatic N) is 4. The van der Waals surface area contributed by atoms with Crippen molar-refractivity contribution in [3.05, 3.63) is 30.3 Å². The van der Waals surface area contributed by atoms with Gasteiger partial charge in [0.1, 0.15) is 30.2 Å². The molecule has 2 heterocycles. The molecule has 0 saturated carbocycles. The van der Waals surface area contributed by atoms with Crippen molar-refractivity contribution in [1.29, 1.82) is 0 Å². The average Bonchev–Trinajstić information content (AvgIpc) is 2.90.